The zero-order valence-corrected chi connectivity index (χ0v) is 18.0. The summed E-state index contributed by atoms with van der Waals surface area (Å²) in [5.74, 6) is 2.83. The molecule has 0 radical (unpaired) electrons. The molecule has 0 aliphatic carbocycles. The third-order valence-corrected chi connectivity index (χ3v) is 5.48. The number of thioether (sulfide) groups is 1. The van der Waals surface area contributed by atoms with Crippen molar-refractivity contribution in [2.75, 3.05) is 12.9 Å². The van der Waals surface area contributed by atoms with Crippen molar-refractivity contribution in [2.24, 2.45) is 0 Å². The Morgan fingerprint density at radius 3 is 2.75 bits per heavy atom. The van der Waals surface area contributed by atoms with Crippen LogP contribution in [-0.4, -0.2) is 28.9 Å². The van der Waals surface area contributed by atoms with Crippen molar-refractivity contribution in [3.8, 4) is 28.8 Å². The summed E-state index contributed by atoms with van der Waals surface area (Å²) in [7, 11) is 1.58. The number of nitrogens with one attached hydrogen (secondary N) is 1. The van der Waals surface area contributed by atoms with Crippen LogP contribution in [0.5, 0.6) is 5.75 Å². The molecule has 0 spiro atoms. The van der Waals surface area contributed by atoms with Crippen LogP contribution in [-0.2, 0) is 17.1 Å². The van der Waals surface area contributed by atoms with E-state index in [9.17, 15) is 9.18 Å². The van der Waals surface area contributed by atoms with Crippen molar-refractivity contribution in [3.63, 3.8) is 0 Å². The minimum atomic E-state index is -0.301. The highest BCUT2D eigenvalue weighted by Crippen LogP contribution is 2.30. The highest BCUT2D eigenvalue weighted by Gasteiger charge is 2.16. The number of nitrogens with zero attached hydrogens (tertiary/aromatic N) is 2. The van der Waals surface area contributed by atoms with Crippen LogP contribution in [0.4, 0.5) is 4.39 Å². The Balaban J connectivity index is 1.28. The first-order chi connectivity index (χ1) is 15.6. The van der Waals surface area contributed by atoms with Gasteiger partial charge in [0.2, 0.25) is 11.7 Å². The summed E-state index contributed by atoms with van der Waals surface area (Å²) in [4.78, 5) is 16.4. The van der Waals surface area contributed by atoms with E-state index < -0.39 is 0 Å². The van der Waals surface area contributed by atoms with Crippen LogP contribution in [0.2, 0.25) is 0 Å². The lowest BCUT2D eigenvalue weighted by atomic mass is 10.2. The standard InChI is InChI=1S/C23H20FN3O4S/c1-29-19-5-3-2-4-18(19)22-26-23(31-27-22)20-11-10-17(30-20)13-32-14-21(28)25-12-15-6-8-16(24)9-7-15/h2-11H,12-14H2,1H3,(H,25,28). The molecule has 0 aliphatic heterocycles. The van der Waals surface area contributed by atoms with Crippen LogP contribution in [0.25, 0.3) is 23.0 Å². The second kappa shape index (κ2) is 10.1. The highest BCUT2D eigenvalue weighted by molar-refractivity contribution is 7.99. The third kappa shape index (κ3) is 5.36. The molecule has 0 fully saturated rings. The molecule has 0 bridgehead atoms. The van der Waals surface area contributed by atoms with Gasteiger partial charge in [-0.25, -0.2) is 4.39 Å². The summed E-state index contributed by atoms with van der Waals surface area (Å²) < 4.78 is 29.4. The number of halogens is 1. The van der Waals surface area contributed by atoms with Crippen molar-refractivity contribution in [1.29, 1.82) is 0 Å². The molecule has 0 saturated heterocycles. The molecule has 1 N–H and O–H groups in total. The maximum atomic E-state index is 12.9. The summed E-state index contributed by atoms with van der Waals surface area (Å²) in [6, 6.07) is 17.0. The number of amides is 1. The Kier molecular flexibility index (Phi) is 6.86. The van der Waals surface area contributed by atoms with Crippen molar-refractivity contribution in [1.82, 2.24) is 15.5 Å². The fourth-order valence-corrected chi connectivity index (χ4v) is 3.68. The summed E-state index contributed by atoms with van der Waals surface area (Å²) >= 11 is 1.42. The van der Waals surface area contributed by atoms with Gasteiger partial charge in [-0.1, -0.05) is 29.4 Å². The Morgan fingerprint density at radius 2 is 1.94 bits per heavy atom. The van der Waals surface area contributed by atoms with Crippen molar-refractivity contribution in [3.05, 3.63) is 77.8 Å². The van der Waals surface area contributed by atoms with Crippen molar-refractivity contribution < 1.29 is 22.9 Å². The summed E-state index contributed by atoms with van der Waals surface area (Å²) in [6.45, 7) is 0.357. The van der Waals surface area contributed by atoms with Gasteiger partial charge < -0.3 is 19.0 Å². The Bertz CT molecular complexity index is 1190. The number of furan rings is 1. The summed E-state index contributed by atoms with van der Waals surface area (Å²) in [6.07, 6.45) is 0. The predicted molar refractivity (Wildman–Crippen MR) is 118 cm³/mol. The first-order valence-electron chi connectivity index (χ1n) is 9.77. The molecule has 2 heterocycles. The molecule has 0 atom stereocenters. The molecule has 1 amide bonds. The molecular formula is C23H20FN3O4S. The minimum absolute atomic E-state index is 0.107. The quantitative estimate of drug-likeness (QED) is 0.393. The second-order valence-electron chi connectivity index (χ2n) is 6.79. The molecule has 164 valence electrons. The molecule has 0 aliphatic rings. The van der Waals surface area contributed by atoms with Crippen LogP contribution in [0.3, 0.4) is 0 Å². The van der Waals surface area contributed by atoms with E-state index in [1.54, 1.807) is 25.3 Å². The lowest BCUT2D eigenvalue weighted by Gasteiger charge is -2.05. The largest absolute Gasteiger partial charge is 0.496 e. The molecule has 7 nitrogen and oxygen atoms in total. The highest BCUT2D eigenvalue weighted by atomic mass is 32.2. The van der Waals surface area contributed by atoms with E-state index in [0.29, 0.717) is 35.4 Å². The lowest BCUT2D eigenvalue weighted by molar-refractivity contribution is -0.118. The van der Waals surface area contributed by atoms with Gasteiger partial charge in [-0.05, 0) is 42.0 Å². The fraction of sp³-hybridized carbons (Fsp3) is 0.174. The zero-order chi connectivity index (χ0) is 22.3. The number of benzene rings is 2. The number of carbonyl (C=O) groups is 1. The normalized spacial score (nSPS) is 10.8. The maximum Gasteiger partial charge on any atom is 0.293 e. The van der Waals surface area contributed by atoms with Gasteiger partial charge in [0.1, 0.15) is 17.3 Å². The van der Waals surface area contributed by atoms with E-state index in [1.165, 1.54) is 23.9 Å². The molecular weight excluding hydrogens is 433 g/mol. The number of para-hydroxylation sites is 1. The monoisotopic (exact) mass is 453 g/mol. The number of hydrogen-bond acceptors (Lipinski definition) is 7. The Hall–Kier alpha value is -3.59. The van der Waals surface area contributed by atoms with E-state index >= 15 is 0 Å². The van der Waals surface area contributed by atoms with Crippen molar-refractivity contribution in [2.45, 2.75) is 12.3 Å². The predicted octanol–water partition coefficient (Wildman–Crippen LogP) is 4.69. The van der Waals surface area contributed by atoms with Gasteiger partial charge in [0.15, 0.2) is 5.76 Å². The van der Waals surface area contributed by atoms with Gasteiger partial charge in [-0.3, -0.25) is 4.79 Å². The van der Waals surface area contributed by atoms with Gasteiger partial charge in [0.05, 0.1) is 24.2 Å². The lowest BCUT2D eigenvalue weighted by Crippen LogP contribution is -2.24. The van der Waals surface area contributed by atoms with E-state index in [0.717, 1.165) is 11.1 Å². The van der Waals surface area contributed by atoms with Gasteiger partial charge >= 0.3 is 0 Å². The number of ether oxygens (including phenoxy) is 1. The Labute approximate surface area is 188 Å². The number of carbonyl (C=O) groups excluding carboxylic acids is 1. The molecule has 2 aromatic heterocycles. The van der Waals surface area contributed by atoms with Crippen molar-refractivity contribution >= 4 is 17.7 Å². The molecule has 4 rings (SSSR count). The smallest absolute Gasteiger partial charge is 0.293 e. The second-order valence-corrected chi connectivity index (χ2v) is 7.77. The SMILES string of the molecule is COc1ccccc1-c1noc(-c2ccc(CSCC(=O)NCc3ccc(F)cc3)o2)n1. The van der Waals surface area contributed by atoms with Crippen LogP contribution < -0.4 is 10.1 Å². The third-order valence-electron chi connectivity index (χ3n) is 4.53. The summed E-state index contributed by atoms with van der Waals surface area (Å²) in [5.41, 5.74) is 1.56. The average molecular weight is 453 g/mol. The molecule has 9 heteroatoms. The van der Waals surface area contributed by atoms with E-state index in [2.05, 4.69) is 15.5 Å². The zero-order valence-electron chi connectivity index (χ0n) is 17.2. The van der Waals surface area contributed by atoms with Gasteiger partial charge in [-0.2, -0.15) is 4.98 Å². The molecule has 32 heavy (non-hydrogen) atoms. The minimum Gasteiger partial charge on any atom is -0.496 e. The number of methoxy groups -OCH3 is 1. The average Bonchev–Trinajstić information content (AvgIpc) is 3.48. The fourth-order valence-electron chi connectivity index (χ4n) is 2.93. The maximum absolute atomic E-state index is 12.9. The number of hydrogen-bond donors (Lipinski definition) is 1. The number of aromatic nitrogens is 2. The topological polar surface area (TPSA) is 90.4 Å². The van der Waals surface area contributed by atoms with E-state index in [4.69, 9.17) is 13.7 Å². The number of rotatable bonds is 9. The molecule has 4 aromatic rings. The summed E-state index contributed by atoms with van der Waals surface area (Å²) in [5, 5.41) is 6.82. The molecule has 2 aromatic carbocycles. The first-order valence-corrected chi connectivity index (χ1v) is 10.9. The first kappa shape index (κ1) is 21.6. The van der Waals surface area contributed by atoms with Crippen LogP contribution in [0.15, 0.2) is 69.6 Å². The molecule has 0 saturated carbocycles. The van der Waals surface area contributed by atoms with Crippen LogP contribution in [0.1, 0.15) is 11.3 Å². The van der Waals surface area contributed by atoms with E-state index in [-0.39, 0.29) is 23.4 Å². The Morgan fingerprint density at radius 1 is 1.12 bits per heavy atom. The molecule has 0 unspecified atom stereocenters. The van der Waals surface area contributed by atoms with Gasteiger partial charge in [-0.15, -0.1) is 11.8 Å². The van der Waals surface area contributed by atoms with Gasteiger partial charge in [0.25, 0.3) is 5.89 Å². The van der Waals surface area contributed by atoms with Gasteiger partial charge in [0, 0.05) is 6.54 Å². The van der Waals surface area contributed by atoms with E-state index in [1.807, 2.05) is 30.3 Å². The van der Waals surface area contributed by atoms with Crippen LogP contribution in [0, 0.1) is 5.82 Å². The van der Waals surface area contributed by atoms with Crippen LogP contribution >= 0.6 is 11.8 Å².